The number of rotatable bonds is 4. The van der Waals surface area contributed by atoms with Crippen molar-refractivity contribution in [1.82, 2.24) is 10.6 Å². The van der Waals surface area contributed by atoms with E-state index >= 15 is 0 Å². The lowest BCUT2D eigenvalue weighted by Crippen LogP contribution is -2.38. The van der Waals surface area contributed by atoms with Crippen molar-refractivity contribution in [2.75, 3.05) is 6.54 Å². The number of hydrogen-bond acceptors (Lipinski definition) is 3. The Bertz CT molecular complexity index is 466. The molecule has 5 nitrogen and oxygen atoms in total. The minimum absolute atomic E-state index is 0.208. The molecule has 0 bridgehead atoms. The van der Waals surface area contributed by atoms with E-state index in [1.807, 2.05) is 30.3 Å². The average Bonchev–Trinajstić information content (AvgIpc) is 2.35. The summed E-state index contributed by atoms with van der Waals surface area (Å²) in [6.07, 6.45) is 2.86. The third kappa shape index (κ3) is 5.60. The van der Waals surface area contributed by atoms with Crippen LogP contribution in [0.25, 0.3) is 6.08 Å². The van der Waals surface area contributed by atoms with Gasteiger partial charge in [-0.2, -0.15) is 0 Å². The lowest BCUT2D eigenvalue weighted by atomic mass is 10.2. The molecule has 0 unspecified atom stereocenters. The first-order valence-corrected chi connectivity index (χ1v) is 5.39. The van der Waals surface area contributed by atoms with Crippen LogP contribution in [0.4, 0.5) is 0 Å². The van der Waals surface area contributed by atoms with E-state index in [-0.39, 0.29) is 12.5 Å². The van der Waals surface area contributed by atoms with Gasteiger partial charge in [0.15, 0.2) is 0 Å². The molecule has 0 fully saturated rings. The molecule has 2 N–H and O–H groups in total. The summed E-state index contributed by atoms with van der Waals surface area (Å²) in [5.74, 6) is -1.39. The lowest BCUT2D eigenvalue weighted by molar-refractivity contribution is -0.129. The largest absolute Gasteiger partial charge is 0.347 e. The Hall–Kier alpha value is -2.43. The quantitative estimate of drug-likeness (QED) is 0.759. The number of carbonyl (C=O) groups excluding carboxylic acids is 3. The van der Waals surface area contributed by atoms with Crippen molar-refractivity contribution < 1.29 is 14.4 Å². The van der Waals surface area contributed by atoms with Crippen molar-refractivity contribution in [3.05, 3.63) is 42.0 Å². The second-order valence-electron chi connectivity index (χ2n) is 3.57. The Labute approximate surface area is 105 Å². The normalized spacial score (nSPS) is 10.1. The Kier molecular flexibility index (Phi) is 5.31. The van der Waals surface area contributed by atoms with Crippen LogP contribution in [-0.2, 0) is 14.4 Å². The summed E-state index contributed by atoms with van der Waals surface area (Å²) >= 11 is 0. The highest BCUT2D eigenvalue weighted by Crippen LogP contribution is 2.00. The molecule has 94 valence electrons. The van der Waals surface area contributed by atoms with Crippen LogP contribution in [0.15, 0.2) is 36.4 Å². The minimum Gasteiger partial charge on any atom is -0.347 e. The molecule has 0 atom stereocenters. The van der Waals surface area contributed by atoms with Crippen LogP contribution in [-0.4, -0.2) is 24.3 Å². The van der Waals surface area contributed by atoms with Crippen molar-refractivity contribution in [3.63, 3.8) is 0 Å². The molecule has 0 saturated carbocycles. The van der Waals surface area contributed by atoms with E-state index in [4.69, 9.17) is 0 Å². The van der Waals surface area contributed by atoms with Gasteiger partial charge >= 0.3 is 0 Å². The van der Waals surface area contributed by atoms with Gasteiger partial charge in [0, 0.05) is 13.0 Å². The SMILES string of the molecule is CC(=O)NCC(=O)NC(=O)/C=C/c1ccccc1. The second-order valence-corrected chi connectivity index (χ2v) is 3.57. The Morgan fingerprint density at radius 1 is 1.17 bits per heavy atom. The zero-order valence-corrected chi connectivity index (χ0v) is 9.97. The van der Waals surface area contributed by atoms with Crippen LogP contribution in [0.3, 0.4) is 0 Å². The summed E-state index contributed by atoms with van der Waals surface area (Å²) in [7, 11) is 0. The van der Waals surface area contributed by atoms with E-state index in [1.165, 1.54) is 13.0 Å². The fourth-order valence-corrected chi connectivity index (χ4v) is 1.16. The molecule has 0 saturated heterocycles. The number of nitrogens with one attached hydrogen (secondary N) is 2. The van der Waals surface area contributed by atoms with E-state index in [0.29, 0.717) is 0 Å². The monoisotopic (exact) mass is 246 g/mol. The molecular formula is C13H14N2O3. The third-order valence-electron chi connectivity index (χ3n) is 1.99. The highest BCUT2D eigenvalue weighted by Gasteiger charge is 2.04. The van der Waals surface area contributed by atoms with Gasteiger partial charge < -0.3 is 5.32 Å². The smallest absolute Gasteiger partial charge is 0.250 e. The van der Waals surface area contributed by atoms with Gasteiger partial charge in [0.05, 0.1) is 6.54 Å². The van der Waals surface area contributed by atoms with Gasteiger partial charge in [-0.1, -0.05) is 30.3 Å². The highest BCUT2D eigenvalue weighted by atomic mass is 16.2. The van der Waals surface area contributed by atoms with Gasteiger partial charge in [-0.25, -0.2) is 0 Å². The van der Waals surface area contributed by atoms with Crippen molar-refractivity contribution >= 4 is 23.8 Å². The van der Waals surface area contributed by atoms with Gasteiger partial charge in [0.2, 0.25) is 11.8 Å². The highest BCUT2D eigenvalue weighted by molar-refractivity contribution is 6.03. The van der Waals surface area contributed by atoms with Crippen LogP contribution >= 0.6 is 0 Å². The number of hydrogen-bond donors (Lipinski definition) is 2. The molecule has 5 heteroatoms. The molecular weight excluding hydrogens is 232 g/mol. The molecule has 0 spiro atoms. The second kappa shape index (κ2) is 7.01. The average molecular weight is 246 g/mol. The first kappa shape index (κ1) is 13.6. The summed E-state index contributed by atoms with van der Waals surface area (Å²) in [6.45, 7) is 1.09. The summed E-state index contributed by atoms with van der Waals surface area (Å²) in [5, 5.41) is 4.42. The maximum Gasteiger partial charge on any atom is 0.250 e. The Balaban J connectivity index is 2.40. The predicted molar refractivity (Wildman–Crippen MR) is 67.3 cm³/mol. The first-order chi connectivity index (χ1) is 8.58. The molecule has 0 aromatic heterocycles. The topological polar surface area (TPSA) is 75.3 Å². The van der Waals surface area contributed by atoms with Crippen molar-refractivity contribution in [3.8, 4) is 0 Å². The molecule has 0 aliphatic carbocycles. The maximum absolute atomic E-state index is 11.3. The van der Waals surface area contributed by atoms with Crippen LogP contribution < -0.4 is 10.6 Å². The molecule has 1 aromatic rings. The maximum atomic E-state index is 11.3. The van der Waals surface area contributed by atoms with E-state index in [0.717, 1.165) is 5.56 Å². The lowest BCUT2D eigenvalue weighted by Gasteiger charge is -2.01. The number of benzene rings is 1. The summed E-state index contributed by atoms with van der Waals surface area (Å²) in [5.41, 5.74) is 0.863. The summed E-state index contributed by atoms with van der Waals surface area (Å²) in [6, 6.07) is 9.24. The van der Waals surface area contributed by atoms with E-state index in [9.17, 15) is 14.4 Å². The van der Waals surface area contributed by atoms with Gasteiger partial charge in [-0.15, -0.1) is 0 Å². The fraction of sp³-hybridized carbons (Fsp3) is 0.154. The van der Waals surface area contributed by atoms with Crippen LogP contribution in [0.1, 0.15) is 12.5 Å². The molecule has 0 aliphatic heterocycles. The Morgan fingerprint density at radius 2 is 1.83 bits per heavy atom. The molecule has 0 radical (unpaired) electrons. The summed E-state index contributed by atoms with van der Waals surface area (Å²) < 4.78 is 0. The summed E-state index contributed by atoms with van der Waals surface area (Å²) in [4.78, 5) is 33.1. The van der Waals surface area contributed by atoms with Crippen molar-refractivity contribution in [2.45, 2.75) is 6.92 Å². The van der Waals surface area contributed by atoms with Crippen LogP contribution in [0.2, 0.25) is 0 Å². The van der Waals surface area contributed by atoms with Gasteiger partial charge in [-0.05, 0) is 11.6 Å². The molecule has 1 aromatic carbocycles. The van der Waals surface area contributed by atoms with E-state index in [1.54, 1.807) is 6.08 Å². The van der Waals surface area contributed by atoms with Crippen LogP contribution in [0, 0.1) is 0 Å². The van der Waals surface area contributed by atoms with E-state index < -0.39 is 11.8 Å². The Morgan fingerprint density at radius 3 is 2.44 bits per heavy atom. The standard InChI is InChI=1S/C13H14N2O3/c1-10(16)14-9-13(18)15-12(17)8-7-11-5-3-2-4-6-11/h2-8H,9H2,1H3,(H,14,16)(H,15,17,18)/b8-7+. The zero-order valence-electron chi connectivity index (χ0n) is 9.97. The molecule has 3 amide bonds. The number of imide groups is 1. The molecule has 1 rings (SSSR count). The predicted octanol–water partition coefficient (Wildman–Crippen LogP) is 0.479. The van der Waals surface area contributed by atoms with E-state index in [2.05, 4.69) is 10.6 Å². The van der Waals surface area contributed by atoms with Crippen molar-refractivity contribution in [2.24, 2.45) is 0 Å². The number of carbonyl (C=O) groups is 3. The fourth-order valence-electron chi connectivity index (χ4n) is 1.16. The number of amides is 3. The first-order valence-electron chi connectivity index (χ1n) is 5.39. The molecule has 0 aliphatic rings. The zero-order chi connectivity index (χ0) is 13.4. The minimum atomic E-state index is -0.548. The van der Waals surface area contributed by atoms with Gasteiger partial charge in [0.1, 0.15) is 0 Å². The van der Waals surface area contributed by atoms with Gasteiger partial charge in [0.25, 0.3) is 5.91 Å². The van der Waals surface area contributed by atoms with Gasteiger partial charge in [-0.3, -0.25) is 19.7 Å². The van der Waals surface area contributed by atoms with Crippen molar-refractivity contribution in [1.29, 1.82) is 0 Å². The molecule has 18 heavy (non-hydrogen) atoms. The molecule has 0 heterocycles. The van der Waals surface area contributed by atoms with Crippen LogP contribution in [0.5, 0.6) is 0 Å². The third-order valence-corrected chi connectivity index (χ3v) is 1.99.